The van der Waals surface area contributed by atoms with Gasteiger partial charge in [-0.05, 0) is 69.2 Å². The predicted molar refractivity (Wildman–Crippen MR) is 120 cm³/mol. The number of hydrogen-bond acceptors (Lipinski definition) is 5. The van der Waals surface area contributed by atoms with E-state index in [-0.39, 0.29) is 5.92 Å². The summed E-state index contributed by atoms with van der Waals surface area (Å²) in [6.07, 6.45) is 0.388. The van der Waals surface area contributed by atoms with Crippen LogP contribution in [-0.4, -0.2) is 29.0 Å². The highest BCUT2D eigenvalue weighted by molar-refractivity contribution is 7.99. The molecule has 2 aromatic carbocycles. The number of rotatable bonds is 10. The molecule has 1 unspecified atom stereocenters. The highest BCUT2D eigenvalue weighted by Gasteiger charge is 2.29. The molecule has 0 aliphatic heterocycles. The van der Waals surface area contributed by atoms with E-state index < -0.39 is 11.6 Å². The van der Waals surface area contributed by atoms with Gasteiger partial charge in [-0.2, -0.15) is 5.26 Å². The van der Waals surface area contributed by atoms with Crippen molar-refractivity contribution in [3.8, 4) is 17.6 Å². The highest BCUT2D eigenvalue weighted by atomic mass is 35.5. The molecule has 1 atom stereocenters. The van der Waals surface area contributed by atoms with Gasteiger partial charge in [-0.25, -0.2) is 4.79 Å². The van der Waals surface area contributed by atoms with E-state index >= 15 is 0 Å². The Morgan fingerprint density at radius 1 is 1.23 bits per heavy atom. The average Bonchev–Trinajstić information content (AvgIpc) is 2.68. The molecule has 0 aliphatic carbocycles. The van der Waals surface area contributed by atoms with Crippen LogP contribution in [0.25, 0.3) is 0 Å². The van der Waals surface area contributed by atoms with E-state index in [0.29, 0.717) is 35.3 Å². The summed E-state index contributed by atoms with van der Waals surface area (Å²) in [6, 6.07) is 13.4. The van der Waals surface area contributed by atoms with Gasteiger partial charge < -0.3 is 14.6 Å². The van der Waals surface area contributed by atoms with E-state index in [9.17, 15) is 9.90 Å². The van der Waals surface area contributed by atoms with Crippen molar-refractivity contribution in [1.29, 1.82) is 5.26 Å². The Bertz CT molecular complexity index is 939. The van der Waals surface area contributed by atoms with Gasteiger partial charge >= 0.3 is 5.97 Å². The molecule has 0 radical (unpaired) electrons. The van der Waals surface area contributed by atoms with Crippen molar-refractivity contribution in [1.82, 2.24) is 0 Å². The SMILES string of the molecule is Cc1ccc(OCC(CC#N)CSc2ccc(OC(C)(C)C(=O)O)c(C)c2)cc1Cl. The number of thioether (sulfide) groups is 1. The van der Waals surface area contributed by atoms with E-state index in [1.807, 2.05) is 38.1 Å². The van der Waals surface area contributed by atoms with E-state index in [1.165, 1.54) is 13.8 Å². The zero-order chi connectivity index (χ0) is 22.3. The highest BCUT2D eigenvalue weighted by Crippen LogP contribution is 2.30. The first-order chi connectivity index (χ1) is 14.1. The number of aryl methyl sites for hydroxylation is 2. The Labute approximate surface area is 187 Å². The summed E-state index contributed by atoms with van der Waals surface area (Å²) in [5.74, 6) is 0.988. The number of nitrogens with zero attached hydrogens (tertiary/aromatic N) is 1. The number of carboxylic acid groups (broad SMARTS) is 1. The molecule has 0 spiro atoms. The minimum absolute atomic E-state index is 0.0576. The van der Waals surface area contributed by atoms with Crippen molar-refractivity contribution >= 4 is 29.3 Å². The number of hydrogen-bond donors (Lipinski definition) is 1. The average molecular weight is 448 g/mol. The fourth-order valence-electron chi connectivity index (χ4n) is 2.53. The van der Waals surface area contributed by atoms with Gasteiger partial charge in [0.05, 0.1) is 12.7 Å². The molecule has 0 saturated carbocycles. The van der Waals surface area contributed by atoms with Crippen LogP contribution < -0.4 is 9.47 Å². The van der Waals surface area contributed by atoms with Crippen LogP contribution in [0.4, 0.5) is 0 Å². The quantitative estimate of drug-likeness (QED) is 0.457. The fourth-order valence-corrected chi connectivity index (χ4v) is 3.77. The molecule has 0 heterocycles. The maximum absolute atomic E-state index is 11.3. The Morgan fingerprint density at radius 2 is 1.97 bits per heavy atom. The molecule has 7 heteroatoms. The third kappa shape index (κ3) is 6.86. The topological polar surface area (TPSA) is 79.5 Å². The summed E-state index contributed by atoms with van der Waals surface area (Å²) in [6.45, 7) is 7.28. The van der Waals surface area contributed by atoms with Crippen molar-refractivity contribution < 1.29 is 19.4 Å². The molecule has 0 saturated heterocycles. The standard InChI is InChI=1S/C23H26ClNO4S/c1-15-5-6-18(12-20(15)24)28-13-17(9-10-25)14-30-19-7-8-21(16(2)11-19)29-23(3,4)22(26)27/h5-8,11-12,17H,9,13-14H2,1-4H3,(H,26,27). The maximum Gasteiger partial charge on any atom is 0.347 e. The molecule has 0 fully saturated rings. The first kappa shape index (κ1) is 23.9. The maximum atomic E-state index is 11.3. The van der Waals surface area contributed by atoms with Gasteiger partial charge in [0, 0.05) is 28.0 Å². The number of halogens is 1. The monoisotopic (exact) mass is 447 g/mol. The number of carboxylic acids is 1. The van der Waals surface area contributed by atoms with Crippen molar-refractivity contribution in [3.05, 3.63) is 52.5 Å². The van der Waals surface area contributed by atoms with E-state index in [4.69, 9.17) is 26.3 Å². The molecule has 0 aliphatic rings. The van der Waals surface area contributed by atoms with Crippen LogP contribution in [0.3, 0.4) is 0 Å². The van der Waals surface area contributed by atoms with Gasteiger partial charge in [-0.3, -0.25) is 0 Å². The Balaban J connectivity index is 1.97. The zero-order valence-electron chi connectivity index (χ0n) is 17.6. The van der Waals surface area contributed by atoms with Gasteiger partial charge in [0.1, 0.15) is 11.5 Å². The molecule has 2 aromatic rings. The van der Waals surface area contributed by atoms with Crippen molar-refractivity contribution in [3.63, 3.8) is 0 Å². The molecule has 0 amide bonds. The Kier molecular flexibility index (Phi) is 8.45. The van der Waals surface area contributed by atoms with Crippen molar-refractivity contribution in [2.75, 3.05) is 12.4 Å². The van der Waals surface area contributed by atoms with Gasteiger partial charge in [-0.15, -0.1) is 11.8 Å². The van der Waals surface area contributed by atoms with Crippen LogP contribution in [0.15, 0.2) is 41.3 Å². The van der Waals surface area contributed by atoms with Gasteiger partial charge in [-0.1, -0.05) is 17.7 Å². The van der Waals surface area contributed by atoms with Gasteiger partial charge in [0.25, 0.3) is 0 Å². The largest absolute Gasteiger partial charge is 0.493 e. The second kappa shape index (κ2) is 10.6. The van der Waals surface area contributed by atoms with Crippen molar-refractivity contribution in [2.45, 2.75) is 44.6 Å². The molecule has 30 heavy (non-hydrogen) atoms. The van der Waals surface area contributed by atoms with Gasteiger partial charge in [0.15, 0.2) is 5.60 Å². The molecular formula is C23H26ClNO4S. The lowest BCUT2D eigenvalue weighted by atomic mass is 10.1. The summed E-state index contributed by atoms with van der Waals surface area (Å²) < 4.78 is 11.5. The number of nitriles is 1. The van der Waals surface area contributed by atoms with Crippen LogP contribution in [0.1, 0.15) is 31.4 Å². The molecule has 160 valence electrons. The van der Waals surface area contributed by atoms with Crippen LogP contribution in [0, 0.1) is 31.1 Å². The van der Waals surface area contributed by atoms with Crippen molar-refractivity contribution in [2.24, 2.45) is 5.92 Å². The molecule has 2 rings (SSSR count). The lowest BCUT2D eigenvalue weighted by molar-refractivity contribution is -0.152. The van der Waals surface area contributed by atoms with Crippen LogP contribution >= 0.6 is 23.4 Å². The summed E-state index contributed by atoms with van der Waals surface area (Å²) in [7, 11) is 0. The third-order valence-corrected chi connectivity index (χ3v) is 6.15. The third-order valence-electron chi connectivity index (χ3n) is 4.52. The number of carbonyl (C=O) groups is 1. The fraction of sp³-hybridized carbons (Fsp3) is 0.391. The normalized spacial score (nSPS) is 12.1. The Morgan fingerprint density at radius 3 is 2.57 bits per heavy atom. The molecular weight excluding hydrogens is 422 g/mol. The lowest BCUT2D eigenvalue weighted by Gasteiger charge is -2.23. The van der Waals surface area contributed by atoms with E-state index in [0.717, 1.165) is 16.0 Å². The molecule has 0 bridgehead atoms. The van der Waals surface area contributed by atoms with E-state index in [2.05, 4.69) is 6.07 Å². The van der Waals surface area contributed by atoms with Crippen LogP contribution in [-0.2, 0) is 4.79 Å². The second-order valence-electron chi connectivity index (χ2n) is 7.61. The summed E-state index contributed by atoms with van der Waals surface area (Å²) in [5.41, 5.74) is 0.549. The number of ether oxygens (including phenoxy) is 2. The summed E-state index contributed by atoms with van der Waals surface area (Å²) >= 11 is 7.76. The van der Waals surface area contributed by atoms with Crippen LogP contribution in [0.2, 0.25) is 5.02 Å². The smallest absolute Gasteiger partial charge is 0.347 e. The van der Waals surface area contributed by atoms with Gasteiger partial charge in [0.2, 0.25) is 0 Å². The van der Waals surface area contributed by atoms with Crippen LogP contribution in [0.5, 0.6) is 11.5 Å². The number of benzene rings is 2. The second-order valence-corrected chi connectivity index (χ2v) is 9.11. The minimum Gasteiger partial charge on any atom is -0.493 e. The minimum atomic E-state index is -1.30. The lowest BCUT2D eigenvalue weighted by Crippen LogP contribution is -2.38. The number of aliphatic carboxylic acids is 1. The predicted octanol–water partition coefficient (Wildman–Crippen LogP) is 5.90. The first-order valence-electron chi connectivity index (χ1n) is 9.54. The zero-order valence-corrected chi connectivity index (χ0v) is 19.1. The molecule has 0 aromatic heterocycles. The molecule has 5 nitrogen and oxygen atoms in total. The van der Waals surface area contributed by atoms with E-state index in [1.54, 1.807) is 23.9 Å². The molecule has 1 N–H and O–H groups in total. The summed E-state index contributed by atoms with van der Waals surface area (Å²) in [5, 5.41) is 19.0. The summed E-state index contributed by atoms with van der Waals surface area (Å²) in [4.78, 5) is 12.3. The Hall–Kier alpha value is -2.36. The first-order valence-corrected chi connectivity index (χ1v) is 10.9.